The standard InChI is InChI=1S/C31H27F3O4/c1-3-37-28(35)16-11-21-9-12-25(13-10-21)38-30-27-15-14-26(36-2)20-24(27)19-23(17-18-31(32,33)34)29(30)22-7-5-4-6-8-22/h4-16,19-20H,3,17-18H2,1-2H3. The highest BCUT2D eigenvalue weighted by atomic mass is 19.4. The highest BCUT2D eigenvalue weighted by molar-refractivity contribution is 5.98. The molecule has 0 heterocycles. The van der Waals surface area contributed by atoms with Crippen molar-refractivity contribution in [2.75, 3.05) is 13.7 Å². The first kappa shape index (κ1) is 26.8. The lowest BCUT2D eigenvalue weighted by Crippen LogP contribution is -2.09. The number of esters is 1. The summed E-state index contributed by atoms with van der Waals surface area (Å²) < 4.78 is 56.5. The summed E-state index contributed by atoms with van der Waals surface area (Å²) in [5.41, 5.74) is 2.66. The van der Waals surface area contributed by atoms with E-state index in [4.69, 9.17) is 14.2 Å². The molecule has 0 radical (unpaired) electrons. The van der Waals surface area contributed by atoms with E-state index in [1.54, 1.807) is 62.6 Å². The van der Waals surface area contributed by atoms with Crippen molar-refractivity contribution in [3.05, 3.63) is 96.1 Å². The number of halogens is 3. The summed E-state index contributed by atoms with van der Waals surface area (Å²) in [5.74, 6) is 1.12. The molecule has 4 rings (SSSR count). The number of ether oxygens (including phenoxy) is 3. The molecule has 0 amide bonds. The van der Waals surface area contributed by atoms with Gasteiger partial charge in [0.05, 0.1) is 13.7 Å². The molecule has 4 nitrogen and oxygen atoms in total. The average Bonchev–Trinajstić information content (AvgIpc) is 2.91. The summed E-state index contributed by atoms with van der Waals surface area (Å²) in [6.07, 6.45) is -2.47. The first-order valence-electron chi connectivity index (χ1n) is 12.2. The van der Waals surface area contributed by atoms with Gasteiger partial charge < -0.3 is 14.2 Å². The summed E-state index contributed by atoms with van der Waals surface area (Å²) in [4.78, 5) is 11.6. The van der Waals surface area contributed by atoms with Crippen LogP contribution in [0.15, 0.2) is 84.9 Å². The Hall–Kier alpha value is -4.26. The fourth-order valence-corrected chi connectivity index (χ4v) is 4.15. The van der Waals surface area contributed by atoms with E-state index in [9.17, 15) is 18.0 Å². The SMILES string of the molecule is CCOC(=O)C=Cc1ccc(Oc2c(-c3ccccc3)c(CCC(F)(F)F)cc3cc(OC)ccc23)cc1. The van der Waals surface area contributed by atoms with Gasteiger partial charge in [-0.25, -0.2) is 4.79 Å². The van der Waals surface area contributed by atoms with Crippen LogP contribution in [0.25, 0.3) is 28.0 Å². The van der Waals surface area contributed by atoms with Crippen molar-refractivity contribution in [2.24, 2.45) is 0 Å². The maximum Gasteiger partial charge on any atom is 0.389 e. The van der Waals surface area contributed by atoms with Crippen LogP contribution in [0.5, 0.6) is 17.2 Å². The van der Waals surface area contributed by atoms with Crippen LogP contribution in [0.2, 0.25) is 0 Å². The number of aryl methyl sites for hydroxylation is 1. The van der Waals surface area contributed by atoms with E-state index in [2.05, 4.69) is 0 Å². The highest BCUT2D eigenvalue weighted by Gasteiger charge is 2.28. The van der Waals surface area contributed by atoms with Crippen LogP contribution in [0.3, 0.4) is 0 Å². The van der Waals surface area contributed by atoms with Crippen molar-refractivity contribution in [2.45, 2.75) is 25.9 Å². The molecule has 0 unspecified atom stereocenters. The second kappa shape index (κ2) is 11.9. The van der Waals surface area contributed by atoms with Crippen LogP contribution >= 0.6 is 0 Å². The molecule has 0 aliphatic carbocycles. The van der Waals surface area contributed by atoms with Crippen molar-refractivity contribution in [1.29, 1.82) is 0 Å². The lowest BCUT2D eigenvalue weighted by Gasteiger charge is -2.20. The maximum atomic E-state index is 13.3. The third-order valence-corrected chi connectivity index (χ3v) is 5.92. The highest BCUT2D eigenvalue weighted by Crippen LogP contribution is 2.44. The Morgan fingerprint density at radius 3 is 2.29 bits per heavy atom. The molecular formula is C31H27F3O4. The predicted octanol–water partition coefficient (Wildman–Crippen LogP) is 8.38. The van der Waals surface area contributed by atoms with Gasteiger partial charge >= 0.3 is 12.1 Å². The van der Waals surface area contributed by atoms with Gasteiger partial charge in [0.1, 0.15) is 17.2 Å². The zero-order valence-corrected chi connectivity index (χ0v) is 21.0. The molecule has 38 heavy (non-hydrogen) atoms. The van der Waals surface area contributed by atoms with Crippen LogP contribution in [-0.4, -0.2) is 25.9 Å². The van der Waals surface area contributed by atoms with E-state index in [1.165, 1.54) is 6.08 Å². The second-order valence-electron chi connectivity index (χ2n) is 8.56. The lowest BCUT2D eigenvalue weighted by atomic mass is 9.91. The Bertz CT molecular complexity index is 1430. The number of rotatable bonds is 9. The summed E-state index contributed by atoms with van der Waals surface area (Å²) in [5, 5.41) is 1.46. The maximum absolute atomic E-state index is 13.3. The molecule has 7 heteroatoms. The molecule has 0 aliphatic heterocycles. The normalized spacial score (nSPS) is 11.6. The molecule has 4 aromatic carbocycles. The molecule has 0 spiro atoms. The molecule has 0 aliphatic rings. The number of hydrogen-bond acceptors (Lipinski definition) is 4. The molecule has 0 N–H and O–H groups in total. The van der Waals surface area contributed by atoms with Gasteiger partial charge in [-0.05, 0) is 71.8 Å². The minimum atomic E-state index is -4.30. The zero-order valence-electron chi connectivity index (χ0n) is 21.0. The molecule has 0 fully saturated rings. The van der Waals surface area contributed by atoms with Crippen LogP contribution in [-0.2, 0) is 16.0 Å². The van der Waals surface area contributed by atoms with Crippen LogP contribution in [0, 0.1) is 0 Å². The van der Waals surface area contributed by atoms with E-state index in [0.29, 0.717) is 40.4 Å². The number of fused-ring (bicyclic) bond motifs is 1. The van der Waals surface area contributed by atoms with Gasteiger partial charge in [-0.15, -0.1) is 0 Å². The molecule has 0 bridgehead atoms. The Labute approximate surface area is 219 Å². The summed E-state index contributed by atoms with van der Waals surface area (Å²) >= 11 is 0. The van der Waals surface area contributed by atoms with E-state index >= 15 is 0 Å². The molecule has 0 saturated heterocycles. The fraction of sp³-hybridized carbons (Fsp3) is 0.194. The number of hydrogen-bond donors (Lipinski definition) is 0. The molecule has 0 atom stereocenters. The Balaban J connectivity index is 1.82. The van der Waals surface area contributed by atoms with Gasteiger partial charge in [0.2, 0.25) is 0 Å². The van der Waals surface area contributed by atoms with Gasteiger partial charge in [0, 0.05) is 23.4 Å². The number of benzene rings is 4. The summed E-state index contributed by atoms with van der Waals surface area (Å²) in [6.45, 7) is 2.03. The fourth-order valence-electron chi connectivity index (χ4n) is 4.15. The Kier molecular flexibility index (Phi) is 8.36. The second-order valence-corrected chi connectivity index (χ2v) is 8.56. The topological polar surface area (TPSA) is 44.8 Å². The van der Waals surface area contributed by atoms with Crippen LogP contribution < -0.4 is 9.47 Å². The molecular weight excluding hydrogens is 493 g/mol. The van der Waals surface area contributed by atoms with Gasteiger partial charge in [-0.3, -0.25) is 0 Å². The Morgan fingerprint density at radius 2 is 1.63 bits per heavy atom. The number of alkyl halides is 3. The smallest absolute Gasteiger partial charge is 0.389 e. The van der Waals surface area contributed by atoms with E-state index < -0.39 is 18.6 Å². The van der Waals surface area contributed by atoms with Crippen LogP contribution in [0.1, 0.15) is 24.5 Å². The minimum Gasteiger partial charge on any atom is -0.497 e. The molecule has 196 valence electrons. The first-order chi connectivity index (χ1) is 18.3. The first-order valence-corrected chi connectivity index (χ1v) is 12.2. The van der Waals surface area contributed by atoms with Crippen molar-refractivity contribution in [3.63, 3.8) is 0 Å². The van der Waals surface area contributed by atoms with Gasteiger partial charge in [-0.1, -0.05) is 48.5 Å². The lowest BCUT2D eigenvalue weighted by molar-refractivity contribution is -0.137. The van der Waals surface area contributed by atoms with Crippen molar-refractivity contribution >= 4 is 22.8 Å². The number of carbonyl (C=O) groups is 1. The van der Waals surface area contributed by atoms with Crippen molar-refractivity contribution < 1.29 is 32.2 Å². The number of methoxy groups -OCH3 is 1. The molecule has 0 saturated carbocycles. The number of carbonyl (C=O) groups excluding carboxylic acids is 1. The van der Waals surface area contributed by atoms with E-state index in [-0.39, 0.29) is 6.42 Å². The molecule has 0 aromatic heterocycles. The van der Waals surface area contributed by atoms with Gasteiger partial charge in [0.25, 0.3) is 0 Å². The third kappa shape index (κ3) is 6.73. The van der Waals surface area contributed by atoms with Gasteiger partial charge in [-0.2, -0.15) is 13.2 Å². The van der Waals surface area contributed by atoms with Crippen LogP contribution in [0.4, 0.5) is 13.2 Å². The van der Waals surface area contributed by atoms with Gasteiger partial charge in [0.15, 0.2) is 0 Å². The third-order valence-electron chi connectivity index (χ3n) is 5.92. The Morgan fingerprint density at radius 1 is 0.921 bits per heavy atom. The van der Waals surface area contributed by atoms with E-state index in [1.807, 2.05) is 36.4 Å². The molecule has 4 aromatic rings. The predicted molar refractivity (Wildman–Crippen MR) is 142 cm³/mol. The van der Waals surface area contributed by atoms with E-state index in [0.717, 1.165) is 16.5 Å². The zero-order chi connectivity index (χ0) is 27.1. The van der Waals surface area contributed by atoms with Crippen molar-refractivity contribution in [1.82, 2.24) is 0 Å². The monoisotopic (exact) mass is 520 g/mol. The largest absolute Gasteiger partial charge is 0.497 e. The van der Waals surface area contributed by atoms with Crippen molar-refractivity contribution in [3.8, 4) is 28.4 Å². The quantitative estimate of drug-likeness (QED) is 0.164. The minimum absolute atomic E-state index is 0.200. The summed E-state index contributed by atoms with van der Waals surface area (Å²) in [7, 11) is 1.54. The average molecular weight is 521 g/mol. The summed E-state index contributed by atoms with van der Waals surface area (Å²) in [6, 6.07) is 23.5.